The zero-order valence-corrected chi connectivity index (χ0v) is 9.35. The van der Waals surface area contributed by atoms with Gasteiger partial charge in [-0.05, 0) is 30.7 Å². The highest BCUT2D eigenvalue weighted by molar-refractivity contribution is 5.96. The molecule has 0 radical (unpaired) electrons. The number of anilines is 1. The van der Waals surface area contributed by atoms with E-state index in [1.165, 1.54) is 0 Å². The second-order valence-electron chi connectivity index (χ2n) is 4.54. The number of carbonyl (C=O) groups is 1. The van der Waals surface area contributed by atoms with Crippen LogP contribution in [0.15, 0.2) is 24.3 Å². The Balaban J connectivity index is 1.98. The molecule has 2 N–H and O–H groups in total. The standard InChI is InChI=1S/C12H14N2O3/c15-10-3-1-9(2-4-10)14-11(16)13-7-12(14)5-6-17-8-12/h1-4,15H,5-8H2,(H,13,16). The van der Waals surface area contributed by atoms with E-state index >= 15 is 0 Å². The van der Waals surface area contributed by atoms with E-state index in [1.54, 1.807) is 29.2 Å². The fourth-order valence-corrected chi connectivity index (χ4v) is 2.52. The van der Waals surface area contributed by atoms with Gasteiger partial charge in [-0.2, -0.15) is 0 Å². The number of benzene rings is 1. The van der Waals surface area contributed by atoms with Gasteiger partial charge in [-0.15, -0.1) is 0 Å². The Kier molecular flexibility index (Phi) is 2.22. The highest BCUT2D eigenvalue weighted by Gasteiger charge is 2.48. The van der Waals surface area contributed by atoms with E-state index in [4.69, 9.17) is 4.74 Å². The third-order valence-electron chi connectivity index (χ3n) is 3.44. The normalized spacial score (nSPS) is 27.8. The van der Waals surface area contributed by atoms with Crippen LogP contribution in [0.5, 0.6) is 5.75 Å². The number of phenolic OH excluding ortho intramolecular Hbond substituents is 1. The van der Waals surface area contributed by atoms with Gasteiger partial charge < -0.3 is 15.2 Å². The molecule has 90 valence electrons. The van der Waals surface area contributed by atoms with Gasteiger partial charge in [0.05, 0.1) is 12.1 Å². The smallest absolute Gasteiger partial charge is 0.322 e. The lowest BCUT2D eigenvalue weighted by atomic mass is 9.97. The van der Waals surface area contributed by atoms with Gasteiger partial charge in [0, 0.05) is 18.8 Å². The number of amides is 2. The summed E-state index contributed by atoms with van der Waals surface area (Å²) in [6.45, 7) is 1.86. The fourth-order valence-electron chi connectivity index (χ4n) is 2.52. The van der Waals surface area contributed by atoms with Crippen LogP contribution < -0.4 is 10.2 Å². The lowest BCUT2D eigenvalue weighted by Gasteiger charge is -2.31. The largest absolute Gasteiger partial charge is 0.508 e. The first-order valence-electron chi connectivity index (χ1n) is 5.66. The van der Waals surface area contributed by atoms with Crippen molar-refractivity contribution in [2.75, 3.05) is 24.7 Å². The summed E-state index contributed by atoms with van der Waals surface area (Å²) in [4.78, 5) is 13.7. The summed E-state index contributed by atoms with van der Waals surface area (Å²) in [5.41, 5.74) is 0.539. The second kappa shape index (κ2) is 3.63. The van der Waals surface area contributed by atoms with Crippen LogP contribution in [-0.4, -0.2) is 36.4 Å². The predicted octanol–water partition coefficient (Wildman–Crippen LogP) is 1.08. The molecule has 3 rings (SSSR count). The quantitative estimate of drug-likeness (QED) is 0.764. The van der Waals surface area contributed by atoms with Crippen LogP contribution in [0.25, 0.3) is 0 Å². The second-order valence-corrected chi connectivity index (χ2v) is 4.54. The molecule has 0 aliphatic carbocycles. The molecule has 0 aromatic heterocycles. The molecule has 2 fully saturated rings. The van der Waals surface area contributed by atoms with E-state index < -0.39 is 0 Å². The first kappa shape index (κ1) is 10.4. The molecule has 0 saturated carbocycles. The van der Waals surface area contributed by atoms with Gasteiger partial charge in [-0.1, -0.05) is 0 Å². The average molecular weight is 234 g/mol. The van der Waals surface area contributed by atoms with Gasteiger partial charge in [0.2, 0.25) is 0 Å². The molecule has 17 heavy (non-hydrogen) atoms. The minimum absolute atomic E-state index is 0.0961. The zero-order valence-electron chi connectivity index (χ0n) is 9.35. The van der Waals surface area contributed by atoms with E-state index in [0.717, 1.165) is 12.1 Å². The van der Waals surface area contributed by atoms with Crippen LogP contribution in [0.4, 0.5) is 10.5 Å². The van der Waals surface area contributed by atoms with Crippen molar-refractivity contribution < 1.29 is 14.6 Å². The number of ether oxygens (including phenoxy) is 1. The molecule has 1 unspecified atom stereocenters. The van der Waals surface area contributed by atoms with Crippen molar-refractivity contribution in [1.82, 2.24) is 5.32 Å². The van der Waals surface area contributed by atoms with E-state index in [-0.39, 0.29) is 17.3 Å². The Bertz CT molecular complexity index is 438. The fraction of sp³-hybridized carbons (Fsp3) is 0.417. The van der Waals surface area contributed by atoms with Gasteiger partial charge in [0.1, 0.15) is 5.75 Å². The molecule has 2 amide bonds. The highest BCUT2D eigenvalue weighted by atomic mass is 16.5. The number of rotatable bonds is 1. The van der Waals surface area contributed by atoms with Crippen molar-refractivity contribution in [3.63, 3.8) is 0 Å². The summed E-state index contributed by atoms with van der Waals surface area (Å²) in [6.07, 6.45) is 0.840. The molecule has 2 aliphatic rings. The van der Waals surface area contributed by atoms with Gasteiger partial charge in [0.25, 0.3) is 0 Å². The minimum atomic E-state index is -0.256. The molecule has 2 saturated heterocycles. The SMILES string of the molecule is O=C1NCC2(CCOC2)N1c1ccc(O)cc1. The van der Waals surface area contributed by atoms with Gasteiger partial charge in [-0.3, -0.25) is 4.90 Å². The Morgan fingerprint density at radius 3 is 2.76 bits per heavy atom. The zero-order chi connectivity index (χ0) is 11.9. The predicted molar refractivity (Wildman–Crippen MR) is 62.2 cm³/mol. The monoisotopic (exact) mass is 234 g/mol. The summed E-state index contributed by atoms with van der Waals surface area (Å²) >= 11 is 0. The van der Waals surface area contributed by atoms with Crippen molar-refractivity contribution >= 4 is 11.7 Å². The summed E-state index contributed by atoms with van der Waals surface area (Å²) < 4.78 is 5.42. The molecule has 5 heteroatoms. The lowest BCUT2D eigenvalue weighted by molar-refractivity contribution is 0.181. The molecule has 1 atom stereocenters. The molecular formula is C12H14N2O3. The molecule has 1 aromatic carbocycles. The summed E-state index contributed by atoms with van der Waals surface area (Å²) in [5.74, 6) is 0.199. The average Bonchev–Trinajstić information content (AvgIpc) is 2.91. The summed E-state index contributed by atoms with van der Waals surface area (Å²) in [7, 11) is 0. The van der Waals surface area contributed by atoms with Crippen LogP contribution in [0, 0.1) is 0 Å². The van der Waals surface area contributed by atoms with E-state index in [2.05, 4.69) is 5.32 Å². The van der Waals surface area contributed by atoms with Crippen molar-refractivity contribution in [1.29, 1.82) is 0 Å². The molecule has 2 aliphatic heterocycles. The Morgan fingerprint density at radius 2 is 2.12 bits per heavy atom. The summed E-state index contributed by atoms with van der Waals surface area (Å²) in [6, 6.07) is 6.58. The number of phenols is 1. The van der Waals surface area contributed by atoms with E-state index in [0.29, 0.717) is 19.8 Å². The number of nitrogens with zero attached hydrogens (tertiary/aromatic N) is 1. The van der Waals surface area contributed by atoms with Gasteiger partial charge in [-0.25, -0.2) is 4.79 Å². The van der Waals surface area contributed by atoms with Crippen LogP contribution in [0.1, 0.15) is 6.42 Å². The van der Waals surface area contributed by atoms with Crippen LogP contribution >= 0.6 is 0 Å². The number of nitrogens with one attached hydrogen (secondary N) is 1. The lowest BCUT2D eigenvalue weighted by Crippen LogP contribution is -2.48. The number of hydrogen-bond donors (Lipinski definition) is 2. The third-order valence-corrected chi connectivity index (χ3v) is 3.44. The van der Waals surface area contributed by atoms with Crippen molar-refractivity contribution in [3.8, 4) is 5.75 Å². The van der Waals surface area contributed by atoms with Crippen molar-refractivity contribution in [3.05, 3.63) is 24.3 Å². The van der Waals surface area contributed by atoms with E-state index in [1.807, 2.05) is 0 Å². The highest BCUT2D eigenvalue weighted by Crippen LogP contribution is 2.34. The van der Waals surface area contributed by atoms with Crippen LogP contribution in [-0.2, 0) is 4.74 Å². The topological polar surface area (TPSA) is 61.8 Å². The van der Waals surface area contributed by atoms with Crippen molar-refractivity contribution in [2.45, 2.75) is 12.0 Å². The molecule has 1 aromatic rings. The van der Waals surface area contributed by atoms with Crippen molar-refractivity contribution in [2.24, 2.45) is 0 Å². The van der Waals surface area contributed by atoms with Gasteiger partial charge >= 0.3 is 6.03 Å². The molecular weight excluding hydrogens is 220 g/mol. The maximum absolute atomic E-state index is 11.9. The molecule has 1 spiro atoms. The number of urea groups is 1. The number of hydrogen-bond acceptors (Lipinski definition) is 3. The van der Waals surface area contributed by atoms with Crippen LogP contribution in [0.3, 0.4) is 0 Å². The molecule has 5 nitrogen and oxygen atoms in total. The maximum atomic E-state index is 11.9. The minimum Gasteiger partial charge on any atom is -0.508 e. The number of aromatic hydroxyl groups is 1. The maximum Gasteiger partial charge on any atom is 0.322 e. The first-order valence-corrected chi connectivity index (χ1v) is 5.66. The van der Waals surface area contributed by atoms with Gasteiger partial charge in [0.15, 0.2) is 0 Å². The number of carbonyl (C=O) groups excluding carboxylic acids is 1. The summed E-state index contributed by atoms with van der Waals surface area (Å²) in [5, 5.41) is 12.1. The Hall–Kier alpha value is -1.75. The van der Waals surface area contributed by atoms with Crippen LogP contribution in [0.2, 0.25) is 0 Å². The first-order chi connectivity index (χ1) is 8.21. The molecule has 0 bridgehead atoms. The van der Waals surface area contributed by atoms with E-state index in [9.17, 15) is 9.90 Å². The Morgan fingerprint density at radius 1 is 1.35 bits per heavy atom. The Labute approximate surface area is 99.0 Å². The molecule has 2 heterocycles. The third kappa shape index (κ3) is 1.54.